The standard InChI is InChI=1S/C28H29N3O4/c1-18-23(17-24-26(32)29-28(34)30-27(24)33)22-9-5-6-10-25(22)31(18)15-16-35-21-13-11-20(12-14-21)19-7-3-2-4-8-19/h5-6,9-14,17,19H,2-4,7-8,15-16H2,1H3,(H2,29,30,32,33,34). The number of fused-ring (bicyclic) bond motifs is 1. The van der Waals surface area contributed by atoms with Crippen molar-refractivity contribution in [2.24, 2.45) is 0 Å². The molecule has 7 heteroatoms. The minimum Gasteiger partial charge on any atom is -0.492 e. The molecule has 2 aromatic carbocycles. The van der Waals surface area contributed by atoms with E-state index in [9.17, 15) is 14.4 Å². The Labute approximate surface area is 204 Å². The van der Waals surface area contributed by atoms with Gasteiger partial charge in [0.2, 0.25) is 0 Å². The van der Waals surface area contributed by atoms with Gasteiger partial charge in [0, 0.05) is 22.2 Å². The maximum Gasteiger partial charge on any atom is 0.328 e. The van der Waals surface area contributed by atoms with Gasteiger partial charge in [-0.2, -0.15) is 0 Å². The van der Waals surface area contributed by atoms with Crippen LogP contribution in [0.25, 0.3) is 17.0 Å². The number of carbonyl (C=O) groups excluding carboxylic acids is 3. The second-order valence-corrected chi connectivity index (χ2v) is 9.22. The van der Waals surface area contributed by atoms with Gasteiger partial charge in [0.25, 0.3) is 11.8 Å². The number of nitrogens with one attached hydrogen (secondary N) is 2. The molecule has 2 N–H and O–H groups in total. The lowest BCUT2D eigenvalue weighted by atomic mass is 9.84. The molecule has 0 unspecified atom stereocenters. The Bertz CT molecular complexity index is 1290. The van der Waals surface area contributed by atoms with Gasteiger partial charge in [0.05, 0.1) is 6.54 Å². The Morgan fingerprint density at radius 3 is 2.34 bits per heavy atom. The van der Waals surface area contributed by atoms with Crippen molar-refractivity contribution in [3.05, 3.63) is 70.9 Å². The average Bonchev–Trinajstić information content (AvgIpc) is 3.13. The maximum absolute atomic E-state index is 12.2. The summed E-state index contributed by atoms with van der Waals surface area (Å²) in [4.78, 5) is 35.9. The maximum atomic E-state index is 12.2. The molecule has 2 aliphatic rings. The van der Waals surface area contributed by atoms with Crippen LogP contribution in [-0.4, -0.2) is 29.0 Å². The average molecular weight is 472 g/mol. The summed E-state index contributed by atoms with van der Waals surface area (Å²) < 4.78 is 8.19. The number of ether oxygens (including phenoxy) is 1. The van der Waals surface area contributed by atoms with Crippen LogP contribution < -0.4 is 15.4 Å². The van der Waals surface area contributed by atoms with Crippen molar-refractivity contribution >= 4 is 34.8 Å². The molecule has 1 aliphatic heterocycles. The third-order valence-corrected chi connectivity index (χ3v) is 7.05. The lowest BCUT2D eigenvalue weighted by molar-refractivity contribution is -0.123. The Hall–Kier alpha value is -3.87. The number of para-hydroxylation sites is 1. The molecular formula is C28H29N3O4. The van der Waals surface area contributed by atoms with Crippen LogP contribution in [-0.2, 0) is 16.1 Å². The van der Waals surface area contributed by atoms with Gasteiger partial charge in [0.1, 0.15) is 17.9 Å². The van der Waals surface area contributed by atoms with Gasteiger partial charge in [-0.25, -0.2) is 4.79 Å². The molecule has 1 aromatic heterocycles. The Kier molecular flexibility index (Phi) is 6.40. The Morgan fingerprint density at radius 2 is 1.63 bits per heavy atom. The minimum atomic E-state index is -0.805. The molecule has 0 radical (unpaired) electrons. The predicted octanol–water partition coefficient (Wildman–Crippen LogP) is 4.83. The van der Waals surface area contributed by atoms with Gasteiger partial charge in [0.15, 0.2) is 0 Å². The molecule has 1 saturated carbocycles. The number of hydrogen-bond acceptors (Lipinski definition) is 4. The molecular weight excluding hydrogens is 442 g/mol. The highest BCUT2D eigenvalue weighted by Crippen LogP contribution is 2.33. The lowest BCUT2D eigenvalue weighted by Crippen LogP contribution is -2.51. The molecule has 1 aliphatic carbocycles. The van der Waals surface area contributed by atoms with E-state index in [4.69, 9.17) is 4.74 Å². The molecule has 0 spiro atoms. The fraction of sp³-hybridized carbons (Fsp3) is 0.321. The zero-order valence-corrected chi connectivity index (χ0v) is 19.8. The van der Waals surface area contributed by atoms with E-state index >= 15 is 0 Å². The highest BCUT2D eigenvalue weighted by Gasteiger charge is 2.28. The summed E-state index contributed by atoms with van der Waals surface area (Å²) in [6, 6.07) is 15.5. The molecule has 0 atom stereocenters. The predicted molar refractivity (Wildman–Crippen MR) is 134 cm³/mol. The molecule has 7 nitrogen and oxygen atoms in total. The number of carbonyl (C=O) groups is 3. The first-order chi connectivity index (χ1) is 17.0. The molecule has 4 amide bonds. The largest absolute Gasteiger partial charge is 0.492 e. The first-order valence-electron chi connectivity index (χ1n) is 12.2. The fourth-order valence-corrected chi connectivity index (χ4v) is 5.21. The summed E-state index contributed by atoms with van der Waals surface area (Å²) in [6.45, 7) is 3.04. The van der Waals surface area contributed by atoms with E-state index in [2.05, 4.69) is 39.5 Å². The Balaban J connectivity index is 1.33. The van der Waals surface area contributed by atoms with Crippen molar-refractivity contribution in [1.29, 1.82) is 0 Å². The van der Waals surface area contributed by atoms with E-state index in [-0.39, 0.29) is 5.57 Å². The van der Waals surface area contributed by atoms with Gasteiger partial charge < -0.3 is 9.30 Å². The van der Waals surface area contributed by atoms with Crippen molar-refractivity contribution in [2.75, 3.05) is 6.61 Å². The molecule has 3 aromatic rings. The number of barbiturate groups is 1. The van der Waals surface area contributed by atoms with Gasteiger partial charge in [-0.1, -0.05) is 49.6 Å². The summed E-state index contributed by atoms with van der Waals surface area (Å²) >= 11 is 0. The first-order valence-corrected chi connectivity index (χ1v) is 12.2. The van der Waals surface area contributed by atoms with Crippen molar-refractivity contribution in [3.63, 3.8) is 0 Å². The molecule has 2 fully saturated rings. The number of urea groups is 1. The quantitative estimate of drug-likeness (QED) is 0.398. The second-order valence-electron chi connectivity index (χ2n) is 9.22. The van der Waals surface area contributed by atoms with Crippen molar-refractivity contribution in [1.82, 2.24) is 15.2 Å². The summed E-state index contributed by atoms with van der Waals surface area (Å²) in [5, 5.41) is 5.18. The van der Waals surface area contributed by atoms with E-state index in [1.165, 1.54) is 37.7 Å². The van der Waals surface area contributed by atoms with Crippen LogP contribution in [0.3, 0.4) is 0 Å². The molecule has 1 saturated heterocycles. The van der Waals surface area contributed by atoms with Crippen LogP contribution in [0.4, 0.5) is 4.79 Å². The third kappa shape index (κ3) is 4.71. The molecule has 180 valence electrons. The first kappa shape index (κ1) is 22.9. The van der Waals surface area contributed by atoms with Gasteiger partial charge >= 0.3 is 6.03 Å². The van der Waals surface area contributed by atoms with Gasteiger partial charge in [-0.3, -0.25) is 20.2 Å². The normalized spacial score (nSPS) is 16.8. The number of imide groups is 2. The van der Waals surface area contributed by atoms with Crippen LogP contribution in [0.1, 0.15) is 54.8 Å². The lowest BCUT2D eigenvalue weighted by Gasteiger charge is -2.22. The summed E-state index contributed by atoms with van der Waals surface area (Å²) in [7, 11) is 0. The topological polar surface area (TPSA) is 89.4 Å². The van der Waals surface area contributed by atoms with E-state index in [0.29, 0.717) is 19.1 Å². The zero-order chi connectivity index (χ0) is 24.4. The van der Waals surface area contributed by atoms with Crippen molar-refractivity contribution < 1.29 is 19.1 Å². The number of benzene rings is 2. The van der Waals surface area contributed by atoms with Crippen LogP contribution in [0, 0.1) is 6.92 Å². The summed E-state index contributed by atoms with van der Waals surface area (Å²) in [5.41, 5.74) is 3.98. The number of aromatic nitrogens is 1. The van der Waals surface area contributed by atoms with E-state index in [1.807, 2.05) is 31.2 Å². The van der Waals surface area contributed by atoms with Crippen molar-refractivity contribution in [2.45, 2.75) is 51.5 Å². The second kappa shape index (κ2) is 9.78. The minimum absolute atomic E-state index is 0.0927. The molecule has 5 rings (SSSR count). The SMILES string of the molecule is Cc1c(C=C2C(=O)NC(=O)NC2=O)c2ccccc2n1CCOc1ccc(C2CCCCC2)cc1. The van der Waals surface area contributed by atoms with Crippen LogP contribution >= 0.6 is 0 Å². The highest BCUT2D eigenvalue weighted by molar-refractivity contribution is 6.31. The van der Waals surface area contributed by atoms with Crippen LogP contribution in [0.15, 0.2) is 54.1 Å². The summed E-state index contributed by atoms with van der Waals surface area (Å²) in [5.74, 6) is 0.122. The van der Waals surface area contributed by atoms with Crippen molar-refractivity contribution in [3.8, 4) is 5.75 Å². The number of nitrogens with zero attached hydrogens (tertiary/aromatic N) is 1. The van der Waals surface area contributed by atoms with Gasteiger partial charge in [-0.15, -0.1) is 0 Å². The monoisotopic (exact) mass is 471 g/mol. The number of amides is 4. The van der Waals surface area contributed by atoms with E-state index < -0.39 is 17.8 Å². The van der Waals surface area contributed by atoms with Gasteiger partial charge in [-0.05, 0) is 55.5 Å². The van der Waals surface area contributed by atoms with E-state index in [0.717, 1.165) is 27.9 Å². The number of rotatable bonds is 6. The highest BCUT2D eigenvalue weighted by atomic mass is 16.5. The van der Waals surface area contributed by atoms with Crippen LogP contribution in [0.5, 0.6) is 5.75 Å². The number of hydrogen-bond donors (Lipinski definition) is 2. The van der Waals surface area contributed by atoms with Crippen LogP contribution in [0.2, 0.25) is 0 Å². The third-order valence-electron chi connectivity index (χ3n) is 7.05. The zero-order valence-electron chi connectivity index (χ0n) is 19.8. The molecule has 35 heavy (non-hydrogen) atoms. The fourth-order valence-electron chi connectivity index (χ4n) is 5.21. The summed E-state index contributed by atoms with van der Waals surface area (Å²) in [6.07, 6.45) is 8.09. The smallest absolute Gasteiger partial charge is 0.328 e. The Morgan fingerprint density at radius 1 is 0.943 bits per heavy atom. The molecule has 2 heterocycles. The molecule has 0 bridgehead atoms. The van der Waals surface area contributed by atoms with E-state index in [1.54, 1.807) is 6.08 Å².